The molecule has 9 heteroatoms. The van der Waals surface area contributed by atoms with E-state index in [0.29, 0.717) is 30.1 Å². The van der Waals surface area contributed by atoms with Crippen molar-refractivity contribution in [3.8, 4) is 5.75 Å². The van der Waals surface area contributed by atoms with Crippen LogP contribution in [0, 0.1) is 0 Å². The molecule has 0 aromatic heterocycles. The quantitative estimate of drug-likeness (QED) is 0.845. The average Bonchev–Trinajstić information content (AvgIpc) is 3.08. The van der Waals surface area contributed by atoms with Gasteiger partial charge in [-0.05, 0) is 48.4 Å². The molecule has 8 nitrogen and oxygen atoms in total. The summed E-state index contributed by atoms with van der Waals surface area (Å²) in [5, 5.41) is 0. The van der Waals surface area contributed by atoms with Crippen molar-refractivity contribution < 1.29 is 22.7 Å². The molecule has 2 aromatic carbocycles. The first-order chi connectivity index (χ1) is 13.3. The Kier molecular flexibility index (Phi) is 4.26. The number of fused-ring (bicyclic) bond motifs is 2. The van der Waals surface area contributed by atoms with Gasteiger partial charge in [-0.3, -0.25) is 14.3 Å². The van der Waals surface area contributed by atoms with Gasteiger partial charge in [-0.15, -0.1) is 0 Å². The third-order valence-corrected chi connectivity index (χ3v) is 6.31. The number of rotatable bonds is 3. The minimum atomic E-state index is -3.83. The van der Waals surface area contributed by atoms with Crippen LogP contribution in [0.3, 0.4) is 0 Å². The maximum absolute atomic E-state index is 12.8. The predicted molar refractivity (Wildman–Crippen MR) is 104 cm³/mol. The summed E-state index contributed by atoms with van der Waals surface area (Å²) in [5.74, 6) is 0.246. The Hall–Kier alpha value is -3.07. The number of anilines is 3. The second-order valence-electron chi connectivity index (χ2n) is 6.74. The van der Waals surface area contributed by atoms with Crippen molar-refractivity contribution >= 4 is 38.9 Å². The van der Waals surface area contributed by atoms with Gasteiger partial charge in [0.15, 0.2) is 6.61 Å². The Morgan fingerprint density at radius 2 is 1.93 bits per heavy atom. The highest BCUT2D eigenvalue weighted by atomic mass is 32.2. The van der Waals surface area contributed by atoms with Crippen molar-refractivity contribution in [2.75, 3.05) is 34.7 Å². The van der Waals surface area contributed by atoms with Crippen LogP contribution in [0.2, 0.25) is 0 Å². The molecule has 0 saturated heterocycles. The van der Waals surface area contributed by atoms with Crippen molar-refractivity contribution in [1.29, 1.82) is 0 Å². The van der Waals surface area contributed by atoms with Gasteiger partial charge < -0.3 is 14.5 Å². The zero-order chi connectivity index (χ0) is 20.1. The zero-order valence-electron chi connectivity index (χ0n) is 15.4. The monoisotopic (exact) mass is 401 g/mol. The van der Waals surface area contributed by atoms with Gasteiger partial charge in [0.2, 0.25) is 5.91 Å². The molecule has 0 bridgehead atoms. The van der Waals surface area contributed by atoms with Crippen molar-refractivity contribution in [2.24, 2.45) is 0 Å². The van der Waals surface area contributed by atoms with Gasteiger partial charge >= 0.3 is 0 Å². The van der Waals surface area contributed by atoms with Crippen LogP contribution in [0.1, 0.15) is 12.5 Å². The number of nitrogens with zero attached hydrogens (tertiary/aromatic N) is 2. The normalized spacial score (nSPS) is 15.7. The highest BCUT2D eigenvalue weighted by molar-refractivity contribution is 7.92. The number of benzene rings is 2. The Balaban J connectivity index is 1.62. The highest BCUT2D eigenvalue weighted by Gasteiger charge is 2.26. The lowest BCUT2D eigenvalue weighted by Crippen LogP contribution is -2.35. The lowest BCUT2D eigenvalue weighted by molar-refractivity contribution is -0.121. The largest absolute Gasteiger partial charge is 0.482 e. The number of hydrogen-bond acceptors (Lipinski definition) is 5. The lowest BCUT2D eigenvalue weighted by atomic mass is 10.2. The molecule has 0 radical (unpaired) electrons. The lowest BCUT2D eigenvalue weighted by Gasteiger charge is -2.26. The highest BCUT2D eigenvalue weighted by Crippen LogP contribution is 2.35. The molecule has 2 aliphatic heterocycles. The van der Waals surface area contributed by atoms with Crippen molar-refractivity contribution in [2.45, 2.75) is 18.2 Å². The Morgan fingerprint density at radius 3 is 2.68 bits per heavy atom. The summed E-state index contributed by atoms with van der Waals surface area (Å²) in [5.41, 5.74) is 2.40. The minimum absolute atomic E-state index is 0.0407. The molecule has 0 spiro atoms. The maximum atomic E-state index is 12.8. The molecule has 2 aliphatic rings. The molecule has 0 aliphatic carbocycles. The molecule has 146 valence electrons. The van der Waals surface area contributed by atoms with Crippen molar-refractivity contribution in [1.82, 2.24) is 0 Å². The second kappa shape index (κ2) is 6.52. The third-order valence-electron chi connectivity index (χ3n) is 4.93. The number of ether oxygens (including phenoxy) is 1. The van der Waals surface area contributed by atoms with Gasteiger partial charge in [-0.25, -0.2) is 8.42 Å². The first-order valence-electron chi connectivity index (χ1n) is 8.73. The second-order valence-corrected chi connectivity index (χ2v) is 8.42. The predicted octanol–water partition coefficient (Wildman–Crippen LogP) is 1.75. The van der Waals surface area contributed by atoms with Crippen molar-refractivity contribution in [3.63, 3.8) is 0 Å². The standard InChI is InChI=1S/C19H19N3O5S/c1-12(23)22-8-7-13-9-15(4-5-16(13)22)28(25,26)20-14-3-6-18-17(10-14)21(2)19(24)11-27-18/h3-6,9-10,20H,7-8,11H2,1-2H3. The third kappa shape index (κ3) is 3.07. The van der Waals surface area contributed by atoms with Gasteiger partial charge in [0.05, 0.1) is 16.3 Å². The Labute approximate surface area is 162 Å². The number of carbonyl (C=O) groups excluding carboxylic acids is 2. The van der Waals surface area contributed by atoms with Gasteiger partial charge in [-0.2, -0.15) is 0 Å². The van der Waals surface area contributed by atoms with Crippen LogP contribution in [-0.4, -0.2) is 40.4 Å². The van der Waals surface area contributed by atoms with E-state index in [2.05, 4.69) is 4.72 Å². The SMILES string of the molecule is CC(=O)N1CCc2cc(S(=O)(=O)Nc3ccc4c(c3)N(C)C(=O)CO4)ccc21. The van der Waals surface area contributed by atoms with E-state index in [4.69, 9.17) is 4.74 Å². The van der Waals surface area contributed by atoms with Gasteiger partial charge in [0, 0.05) is 26.2 Å². The number of sulfonamides is 1. The summed E-state index contributed by atoms with van der Waals surface area (Å²) in [7, 11) is -2.21. The van der Waals surface area contributed by atoms with E-state index in [9.17, 15) is 18.0 Å². The molecular formula is C19H19N3O5S. The summed E-state index contributed by atoms with van der Waals surface area (Å²) in [6, 6.07) is 9.52. The summed E-state index contributed by atoms with van der Waals surface area (Å²) in [4.78, 5) is 26.6. The van der Waals surface area contributed by atoms with Gasteiger partial charge in [0.25, 0.3) is 15.9 Å². The molecule has 0 saturated carbocycles. The van der Waals surface area contributed by atoms with E-state index in [0.717, 1.165) is 11.3 Å². The number of hydrogen-bond donors (Lipinski definition) is 1. The fourth-order valence-corrected chi connectivity index (χ4v) is 4.52. The molecule has 1 N–H and O–H groups in total. The Morgan fingerprint density at radius 1 is 1.14 bits per heavy atom. The number of likely N-dealkylation sites (N-methyl/N-ethyl adjacent to an activating group) is 1. The van der Waals surface area contributed by atoms with Crippen LogP contribution in [-0.2, 0) is 26.0 Å². The van der Waals surface area contributed by atoms with Gasteiger partial charge in [0.1, 0.15) is 5.75 Å². The molecule has 0 atom stereocenters. The van der Waals surface area contributed by atoms with E-state index in [1.165, 1.54) is 17.9 Å². The van der Waals surface area contributed by atoms with Crippen LogP contribution < -0.4 is 19.3 Å². The van der Waals surface area contributed by atoms with Gasteiger partial charge in [-0.1, -0.05) is 0 Å². The summed E-state index contributed by atoms with van der Waals surface area (Å²) >= 11 is 0. The maximum Gasteiger partial charge on any atom is 0.264 e. The molecule has 2 heterocycles. The molecule has 4 rings (SSSR count). The smallest absolute Gasteiger partial charge is 0.264 e. The molecular weight excluding hydrogens is 382 g/mol. The minimum Gasteiger partial charge on any atom is -0.482 e. The average molecular weight is 401 g/mol. The molecule has 28 heavy (non-hydrogen) atoms. The number of carbonyl (C=O) groups is 2. The fraction of sp³-hybridized carbons (Fsp3) is 0.263. The first-order valence-corrected chi connectivity index (χ1v) is 10.2. The number of amides is 2. The number of nitrogens with one attached hydrogen (secondary N) is 1. The van der Waals surface area contributed by atoms with E-state index < -0.39 is 10.0 Å². The summed E-state index contributed by atoms with van der Waals surface area (Å²) in [6.07, 6.45) is 0.612. The zero-order valence-corrected chi connectivity index (χ0v) is 16.2. The fourth-order valence-electron chi connectivity index (χ4n) is 3.42. The Bertz CT molecular complexity index is 1100. The molecule has 2 amide bonds. The molecule has 2 aromatic rings. The topological polar surface area (TPSA) is 96.0 Å². The van der Waals surface area contributed by atoms with Crippen LogP contribution in [0.4, 0.5) is 17.1 Å². The first kappa shape index (κ1) is 18.3. The van der Waals surface area contributed by atoms with E-state index in [1.807, 2.05) is 0 Å². The van der Waals surface area contributed by atoms with Crippen LogP contribution in [0.25, 0.3) is 0 Å². The van der Waals surface area contributed by atoms with Crippen LogP contribution >= 0.6 is 0 Å². The summed E-state index contributed by atoms with van der Waals surface area (Å²) < 4.78 is 33.6. The summed E-state index contributed by atoms with van der Waals surface area (Å²) in [6.45, 7) is 2.00. The van der Waals surface area contributed by atoms with Crippen LogP contribution in [0.15, 0.2) is 41.3 Å². The molecule has 0 fully saturated rings. The van der Waals surface area contributed by atoms with E-state index in [1.54, 1.807) is 42.3 Å². The van der Waals surface area contributed by atoms with Crippen molar-refractivity contribution in [3.05, 3.63) is 42.0 Å². The van der Waals surface area contributed by atoms with E-state index >= 15 is 0 Å². The molecule has 0 unspecified atom stereocenters. The van der Waals surface area contributed by atoms with Crippen LogP contribution in [0.5, 0.6) is 5.75 Å². The van der Waals surface area contributed by atoms with E-state index in [-0.39, 0.29) is 23.3 Å².